The molecule has 0 spiro atoms. The summed E-state index contributed by atoms with van der Waals surface area (Å²) in [6.07, 6.45) is 1.15. The molecule has 1 aliphatic heterocycles. The number of anilines is 2. The predicted molar refractivity (Wildman–Crippen MR) is 76.8 cm³/mol. The summed E-state index contributed by atoms with van der Waals surface area (Å²) in [4.78, 5) is 2.47. The molecular formula is C16H18N2. The van der Waals surface area contributed by atoms with Gasteiger partial charge in [0.05, 0.1) is 6.04 Å². The largest absolute Gasteiger partial charge is 0.399 e. The topological polar surface area (TPSA) is 29.3 Å². The summed E-state index contributed by atoms with van der Waals surface area (Å²) >= 11 is 0. The van der Waals surface area contributed by atoms with Crippen molar-refractivity contribution < 1.29 is 0 Å². The van der Waals surface area contributed by atoms with E-state index in [0.29, 0.717) is 6.04 Å². The normalized spacial score (nSPS) is 15.5. The standard InChI is InChI=1S/C16H18N2/c1-12(13-6-8-15(17)9-7-13)18-11-10-14-4-2-3-5-16(14)18/h2-9,12H,10-11,17H2,1H3. The van der Waals surface area contributed by atoms with Crippen LogP contribution in [0, 0.1) is 0 Å². The molecule has 0 radical (unpaired) electrons. The van der Waals surface area contributed by atoms with Crippen molar-refractivity contribution in [1.29, 1.82) is 0 Å². The fourth-order valence-corrected chi connectivity index (χ4v) is 2.72. The van der Waals surface area contributed by atoms with Gasteiger partial charge in [0.15, 0.2) is 0 Å². The van der Waals surface area contributed by atoms with E-state index in [1.165, 1.54) is 16.8 Å². The van der Waals surface area contributed by atoms with Gasteiger partial charge in [-0.15, -0.1) is 0 Å². The van der Waals surface area contributed by atoms with Gasteiger partial charge in [0.1, 0.15) is 0 Å². The maximum atomic E-state index is 5.74. The summed E-state index contributed by atoms with van der Waals surface area (Å²) < 4.78 is 0. The Morgan fingerprint density at radius 2 is 1.78 bits per heavy atom. The fraction of sp³-hybridized carbons (Fsp3) is 0.250. The van der Waals surface area contributed by atoms with Crippen LogP contribution in [0.3, 0.4) is 0 Å². The minimum Gasteiger partial charge on any atom is -0.399 e. The Hall–Kier alpha value is -1.96. The van der Waals surface area contributed by atoms with Gasteiger partial charge < -0.3 is 10.6 Å². The van der Waals surface area contributed by atoms with E-state index < -0.39 is 0 Å². The van der Waals surface area contributed by atoms with E-state index in [1.807, 2.05) is 12.1 Å². The third-order valence-electron chi connectivity index (χ3n) is 3.81. The lowest BCUT2D eigenvalue weighted by molar-refractivity contribution is 0.697. The van der Waals surface area contributed by atoms with Crippen LogP contribution in [0.4, 0.5) is 11.4 Å². The summed E-state index contributed by atoms with van der Waals surface area (Å²) in [7, 11) is 0. The summed E-state index contributed by atoms with van der Waals surface area (Å²) in [6.45, 7) is 3.36. The number of hydrogen-bond donors (Lipinski definition) is 1. The lowest BCUT2D eigenvalue weighted by Gasteiger charge is -2.27. The van der Waals surface area contributed by atoms with Gasteiger partial charge in [0.2, 0.25) is 0 Å². The van der Waals surface area contributed by atoms with Gasteiger partial charge in [-0.2, -0.15) is 0 Å². The molecule has 3 rings (SSSR count). The van der Waals surface area contributed by atoms with Crippen LogP contribution in [0.5, 0.6) is 0 Å². The molecular weight excluding hydrogens is 220 g/mol. The molecule has 2 aromatic carbocycles. The van der Waals surface area contributed by atoms with Crippen molar-refractivity contribution in [2.45, 2.75) is 19.4 Å². The molecule has 1 heterocycles. The molecule has 2 aromatic rings. The van der Waals surface area contributed by atoms with Crippen molar-refractivity contribution in [2.75, 3.05) is 17.2 Å². The molecule has 18 heavy (non-hydrogen) atoms. The number of nitrogens with two attached hydrogens (primary N) is 1. The summed E-state index contributed by atoms with van der Waals surface area (Å²) in [6, 6.07) is 17.3. The van der Waals surface area contributed by atoms with E-state index in [4.69, 9.17) is 5.73 Å². The molecule has 2 N–H and O–H groups in total. The molecule has 0 amide bonds. The van der Waals surface area contributed by atoms with Gasteiger partial charge in [-0.3, -0.25) is 0 Å². The highest BCUT2D eigenvalue weighted by Gasteiger charge is 2.23. The summed E-state index contributed by atoms with van der Waals surface area (Å²) in [5.74, 6) is 0. The Morgan fingerprint density at radius 3 is 2.56 bits per heavy atom. The van der Waals surface area contributed by atoms with Crippen molar-refractivity contribution >= 4 is 11.4 Å². The first kappa shape index (κ1) is 11.1. The zero-order valence-electron chi connectivity index (χ0n) is 10.6. The molecule has 0 aromatic heterocycles. The first-order chi connectivity index (χ1) is 8.75. The second-order valence-electron chi connectivity index (χ2n) is 4.91. The minimum atomic E-state index is 0.397. The van der Waals surface area contributed by atoms with Gasteiger partial charge in [0, 0.05) is 17.9 Å². The van der Waals surface area contributed by atoms with E-state index in [-0.39, 0.29) is 0 Å². The van der Waals surface area contributed by atoms with E-state index in [9.17, 15) is 0 Å². The van der Waals surface area contributed by atoms with Gasteiger partial charge in [-0.25, -0.2) is 0 Å². The molecule has 0 saturated carbocycles. The van der Waals surface area contributed by atoms with Gasteiger partial charge >= 0.3 is 0 Å². The van der Waals surface area contributed by atoms with Gasteiger partial charge in [0.25, 0.3) is 0 Å². The van der Waals surface area contributed by atoms with Gasteiger partial charge in [-0.1, -0.05) is 30.3 Å². The van der Waals surface area contributed by atoms with Crippen molar-refractivity contribution in [3.05, 3.63) is 59.7 Å². The van der Waals surface area contributed by atoms with E-state index >= 15 is 0 Å². The molecule has 1 aliphatic rings. The first-order valence-electron chi connectivity index (χ1n) is 6.46. The van der Waals surface area contributed by atoms with Crippen molar-refractivity contribution in [3.8, 4) is 0 Å². The highest BCUT2D eigenvalue weighted by Crippen LogP contribution is 2.34. The van der Waals surface area contributed by atoms with Crippen LogP contribution in [0.25, 0.3) is 0 Å². The molecule has 0 fully saturated rings. The third kappa shape index (κ3) is 1.84. The number of para-hydroxylation sites is 1. The molecule has 0 aliphatic carbocycles. The van der Waals surface area contributed by atoms with E-state index in [0.717, 1.165) is 18.7 Å². The zero-order valence-corrected chi connectivity index (χ0v) is 10.6. The Morgan fingerprint density at radius 1 is 1.06 bits per heavy atom. The summed E-state index contributed by atoms with van der Waals surface area (Å²) in [5.41, 5.74) is 10.7. The number of fused-ring (bicyclic) bond motifs is 1. The molecule has 2 nitrogen and oxygen atoms in total. The average molecular weight is 238 g/mol. The zero-order chi connectivity index (χ0) is 12.5. The predicted octanol–water partition coefficient (Wildman–Crippen LogP) is 3.39. The van der Waals surface area contributed by atoms with E-state index in [1.54, 1.807) is 0 Å². The van der Waals surface area contributed by atoms with Crippen LogP contribution in [0.2, 0.25) is 0 Å². The van der Waals surface area contributed by atoms with Crippen molar-refractivity contribution in [3.63, 3.8) is 0 Å². The Bertz CT molecular complexity index is 545. The van der Waals surface area contributed by atoms with Crippen molar-refractivity contribution in [2.24, 2.45) is 0 Å². The number of nitrogens with zero attached hydrogens (tertiary/aromatic N) is 1. The van der Waals surface area contributed by atoms with Crippen LogP contribution in [-0.2, 0) is 6.42 Å². The monoisotopic (exact) mass is 238 g/mol. The number of hydrogen-bond acceptors (Lipinski definition) is 2. The lowest BCUT2D eigenvalue weighted by atomic mass is 10.1. The minimum absolute atomic E-state index is 0.397. The number of nitrogen functional groups attached to an aromatic ring is 1. The molecule has 0 bridgehead atoms. The van der Waals surface area contributed by atoms with Crippen LogP contribution >= 0.6 is 0 Å². The van der Waals surface area contributed by atoms with Crippen LogP contribution in [0.1, 0.15) is 24.1 Å². The van der Waals surface area contributed by atoms with E-state index in [2.05, 4.69) is 48.2 Å². The fourth-order valence-electron chi connectivity index (χ4n) is 2.72. The molecule has 1 unspecified atom stereocenters. The maximum absolute atomic E-state index is 5.74. The smallest absolute Gasteiger partial charge is 0.0514 e. The van der Waals surface area contributed by atoms with Crippen LogP contribution < -0.4 is 10.6 Å². The van der Waals surface area contributed by atoms with Crippen LogP contribution in [-0.4, -0.2) is 6.54 Å². The lowest BCUT2D eigenvalue weighted by Crippen LogP contribution is -2.24. The Labute approximate surface area is 108 Å². The third-order valence-corrected chi connectivity index (χ3v) is 3.81. The highest BCUT2D eigenvalue weighted by molar-refractivity contribution is 5.59. The van der Waals surface area contributed by atoms with Gasteiger partial charge in [-0.05, 0) is 42.7 Å². The molecule has 92 valence electrons. The summed E-state index contributed by atoms with van der Waals surface area (Å²) in [5, 5.41) is 0. The Kier molecular flexibility index (Phi) is 2.71. The maximum Gasteiger partial charge on any atom is 0.0514 e. The average Bonchev–Trinajstić information content (AvgIpc) is 2.82. The SMILES string of the molecule is CC(c1ccc(N)cc1)N1CCc2ccccc21. The molecule has 2 heteroatoms. The number of benzene rings is 2. The first-order valence-corrected chi connectivity index (χ1v) is 6.46. The highest BCUT2D eigenvalue weighted by atomic mass is 15.2. The van der Waals surface area contributed by atoms with Crippen LogP contribution in [0.15, 0.2) is 48.5 Å². The van der Waals surface area contributed by atoms with Crippen molar-refractivity contribution in [1.82, 2.24) is 0 Å². The Balaban J connectivity index is 1.90. The second-order valence-corrected chi connectivity index (χ2v) is 4.91. The quantitative estimate of drug-likeness (QED) is 0.813. The number of rotatable bonds is 2. The molecule has 0 saturated heterocycles. The second kappa shape index (κ2) is 4.37. The molecule has 1 atom stereocenters.